The summed E-state index contributed by atoms with van der Waals surface area (Å²) in [5.41, 5.74) is 1.73. The molecule has 0 saturated carbocycles. The molecule has 1 aromatic heterocycles. The fraction of sp³-hybridized carbons (Fsp3) is 0.154. The first-order valence-electron chi connectivity index (χ1n) is 5.48. The summed E-state index contributed by atoms with van der Waals surface area (Å²) in [5, 5.41) is 12.6. The fourth-order valence-electron chi connectivity index (χ4n) is 1.60. The van der Waals surface area contributed by atoms with Gasteiger partial charge in [-0.1, -0.05) is 17.7 Å². The standard InChI is InChI=1S/C13H11ClN4O/c1-8-12(14)16-7-17-13(8)18-11-9(6-15)4-3-5-10(11)19-2/h3-5,7H,1-2H3,(H,16,17,18). The van der Waals surface area contributed by atoms with Crippen LogP contribution in [-0.2, 0) is 0 Å². The van der Waals surface area contributed by atoms with E-state index in [2.05, 4.69) is 21.4 Å². The van der Waals surface area contributed by atoms with Crippen molar-refractivity contribution in [2.45, 2.75) is 6.92 Å². The van der Waals surface area contributed by atoms with Crippen molar-refractivity contribution in [2.75, 3.05) is 12.4 Å². The number of nitriles is 1. The monoisotopic (exact) mass is 274 g/mol. The smallest absolute Gasteiger partial charge is 0.143 e. The Hall–Kier alpha value is -2.32. The van der Waals surface area contributed by atoms with Crippen LogP contribution in [0.3, 0.4) is 0 Å². The van der Waals surface area contributed by atoms with Crippen molar-refractivity contribution in [1.29, 1.82) is 5.26 Å². The van der Waals surface area contributed by atoms with Gasteiger partial charge in [-0.3, -0.25) is 0 Å². The Morgan fingerprint density at radius 3 is 2.84 bits per heavy atom. The number of methoxy groups -OCH3 is 1. The Labute approximate surface area is 115 Å². The minimum absolute atomic E-state index is 0.367. The lowest BCUT2D eigenvalue weighted by Crippen LogP contribution is -2.02. The Balaban J connectivity index is 2.49. The zero-order valence-electron chi connectivity index (χ0n) is 10.4. The summed E-state index contributed by atoms with van der Waals surface area (Å²) in [6, 6.07) is 7.32. The third-order valence-electron chi connectivity index (χ3n) is 2.63. The summed E-state index contributed by atoms with van der Waals surface area (Å²) in [4.78, 5) is 8.00. The number of aromatic nitrogens is 2. The highest BCUT2D eigenvalue weighted by Crippen LogP contribution is 2.32. The first kappa shape index (κ1) is 13.1. The highest BCUT2D eigenvalue weighted by Gasteiger charge is 2.12. The number of halogens is 1. The van der Waals surface area contributed by atoms with Gasteiger partial charge in [-0.15, -0.1) is 0 Å². The van der Waals surface area contributed by atoms with Crippen LogP contribution in [0.1, 0.15) is 11.1 Å². The molecule has 0 fully saturated rings. The number of benzene rings is 1. The summed E-state index contributed by atoms with van der Waals surface area (Å²) in [6.07, 6.45) is 1.36. The molecule has 2 rings (SSSR count). The number of nitrogens with one attached hydrogen (secondary N) is 1. The van der Waals surface area contributed by atoms with Crippen LogP contribution in [0.15, 0.2) is 24.5 Å². The molecule has 1 aromatic carbocycles. The van der Waals surface area contributed by atoms with E-state index in [1.54, 1.807) is 32.2 Å². The maximum Gasteiger partial charge on any atom is 0.143 e. The third-order valence-corrected chi connectivity index (χ3v) is 3.01. The number of hydrogen-bond acceptors (Lipinski definition) is 5. The second-order valence-electron chi connectivity index (χ2n) is 3.76. The molecule has 5 nitrogen and oxygen atoms in total. The molecular formula is C13H11ClN4O. The van der Waals surface area contributed by atoms with E-state index in [9.17, 15) is 0 Å². The van der Waals surface area contributed by atoms with Gasteiger partial charge in [0.15, 0.2) is 0 Å². The zero-order valence-corrected chi connectivity index (χ0v) is 11.2. The minimum atomic E-state index is 0.367. The number of rotatable bonds is 3. The predicted molar refractivity (Wildman–Crippen MR) is 72.8 cm³/mol. The normalized spacial score (nSPS) is 9.79. The Bertz CT molecular complexity index is 652. The first-order valence-corrected chi connectivity index (χ1v) is 5.86. The van der Waals surface area contributed by atoms with E-state index in [1.165, 1.54) is 6.33 Å². The Morgan fingerprint density at radius 2 is 2.16 bits per heavy atom. The van der Waals surface area contributed by atoms with Crippen molar-refractivity contribution < 1.29 is 4.74 Å². The van der Waals surface area contributed by atoms with Crippen LogP contribution in [0, 0.1) is 18.3 Å². The highest BCUT2D eigenvalue weighted by atomic mass is 35.5. The van der Waals surface area contributed by atoms with E-state index in [4.69, 9.17) is 21.6 Å². The Kier molecular flexibility index (Phi) is 3.83. The molecule has 0 radical (unpaired) electrons. The molecule has 0 spiro atoms. The van der Waals surface area contributed by atoms with Crippen molar-refractivity contribution in [3.05, 3.63) is 40.8 Å². The summed E-state index contributed by atoms with van der Waals surface area (Å²) in [5.74, 6) is 1.11. The Morgan fingerprint density at radius 1 is 1.37 bits per heavy atom. The van der Waals surface area contributed by atoms with E-state index in [0.29, 0.717) is 33.5 Å². The number of para-hydroxylation sites is 1. The molecule has 0 unspecified atom stereocenters. The van der Waals surface area contributed by atoms with Gasteiger partial charge in [0, 0.05) is 5.56 Å². The van der Waals surface area contributed by atoms with Crippen molar-refractivity contribution in [2.24, 2.45) is 0 Å². The van der Waals surface area contributed by atoms with Crippen LogP contribution in [0.2, 0.25) is 5.15 Å². The summed E-state index contributed by atoms with van der Waals surface area (Å²) < 4.78 is 5.24. The molecule has 2 aromatic rings. The van der Waals surface area contributed by atoms with E-state index in [0.717, 1.165) is 0 Å². The first-order chi connectivity index (χ1) is 9.17. The van der Waals surface area contributed by atoms with Gasteiger partial charge < -0.3 is 10.1 Å². The molecule has 6 heteroatoms. The maximum atomic E-state index is 9.14. The van der Waals surface area contributed by atoms with E-state index < -0.39 is 0 Å². The number of hydrogen-bond donors (Lipinski definition) is 1. The van der Waals surface area contributed by atoms with Gasteiger partial charge in [0.1, 0.15) is 34.8 Å². The van der Waals surface area contributed by atoms with Gasteiger partial charge in [-0.25, -0.2) is 9.97 Å². The predicted octanol–water partition coefficient (Wildman–Crippen LogP) is 3.06. The van der Waals surface area contributed by atoms with Crippen LogP contribution < -0.4 is 10.1 Å². The molecule has 0 aliphatic heterocycles. The third kappa shape index (κ3) is 2.59. The molecule has 96 valence electrons. The molecule has 0 saturated heterocycles. The molecule has 0 amide bonds. The summed E-state index contributed by atoms with van der Waals surface area (Å²) in [6.45, 7) is 1.80. The van der Waals surface area contributed by atoms with Crippen LogP contribution in [0.25, 0.3) is 0 Å². The second-order valence-corrected chi connectivity index (χ2v) is 4.12. The minimum Gasteiger partial charge on any atom is -0.495 e. The van der Waals surface area contributed by atoms with Gasteiger partial charge in [0.25, 0.3) is 0 Å². The van der Waals surface area contributed by atoms with Crippen molar-refractivity contribution >= 4 is 23.1 Å². The van der Waals surface area contributed by atoms with Crippen LogP contribution in [-0.4, -0.2) is 17.1 Å². The SMILES string of the molecule is COc1cccc(C#N)c1Nc1ncnc(Cl)c1C. The number of ether oxygens (including phenoxy) is 1. The molecule has 0 aliphatic rings. The molecule has 1 N–H and O–H groups in total. The van der Waals surface area contributed by atoms with Crippen molar-refractivity contribution in [3.63, 3.8) is 0 Å². The highest BCUT2D eigenvalue weighted by molar-refractivity contribution is 6.30. The van der Waals surface area contributed by atoms with Gasteiger partial charge >= 0.3 is 0 Å². The molecule has 0 bridgehead atoms. The van der Waals surface area contributed by atoms with Crippen LogP contribution in [0.5, 0.6) is 5.75 Å². The largest absolute Gasteiger partial charge is 0.495 e. The van der Waals surface area contributed by atoms with Gasteiger partial charge in [0.2, 0.25) is 0 Å². The van der Waals surface area contributed by atoms with Crippen LogP contribution in [0.4, 0.5) is 11.5 Å². The fourth-order valence-corrected chi connectivity index (χ4v) is 1.73. The van der Waals surface area contributed by atoms with E-state index >= 15 is 0 Å². The van der Waals surface area contributed by atoms with Crippen LogP contribution >= 0.6 is 11.6 Å². The summed E-state index contributed by atoms with van der Waals surface area (Å²) in [7, 11) is 1.54. The van der Waals surface area contributed by atoms with E-state index in [-0.39, 0.29) is 0 Å². The van der Waals surface area contributed by atoms with Crippen molar-refractivity contribution in [3.8, 4) is 11.8 Å². The number of nitrogens with zero attached hydrogens (tertiary/aromatic N) is 3. The zero-order chi connectivity index (χ0) is 13.8. The topological polar surface area (TPSA) is 70.8 Å². The maximum absolute atomic E-state index is 9.14. The lowest BCUT2D eigenvalue weighted by molar-refractivity contribution is 0.416. The average molecular weight is 275 g/mol. The van der Waals surface area contributed by atoms with E-state index in [1.807, 2.05) is 0 Å². The summed E-state index contributed by atoms with van der Waals surface area (Å²) >= 11 is 5.94. The lowest BCUT2D eigenvalue weighted by atomic mass is 10.1. The second kappa shape index (κ2) is 5.55. The molecule has 0 atom stereocenters. The van der Waals surface area contributed by atoms with Gasteiger partial charge in [-0.2, -0.15) is 5.26 Å². The van der Waals surface area contributed by atoms with Crippen molar-refractivity contribution in [1.82, 2.24) is 9.97 Å². The van der Waals surface area contributed by atoms with Gasteiger partial charge in [-0.05, 0) is 19.1 Å². The quantitative estimate of drug-likeness (QED) is 0.871. The molecule has 0 aliphatic carbocycles. The lowest BCUT2D eigenvalue weighted by Gasteiger charge is -2.13. The molecular weight excluding hydrogens is 264 g/mol. The molecule has 19 heavy (non-hydrogen) atoms. The number of anilines is 2. The molecule has 1 heterocycles. The van der Waals surface area contributed by atoms with Gasteiger partial charge in [0.05, 0.1) is 12.7 Å². The average Bonchev–Trinajstić information content (AvgIpc) is 2.44.